The van der Waals surface area contributed by atoms with Crippen LogP contribution in [0.25, 0.3) is 0 Å². The fraction of sp³-hybridized carbons (Fsp3) is 0.611. The van der Waals surface area contributed by atoms with Crippen LogP contribution in [0.1, 0.15) is 31.9 Å². The first-order chi connectivity index (χ1) is 11.0. The number of nitrogens with one attached hydrogen (secondary N) is 2. The Morgan fingerprint density at radius 1 is 1.13 bits per heavy atom. The third-order valence-corrected chi connectivity index (χ3v) is 3.97. The van der Waals surface area contributed by atoms with Crippen molar-refractivity contribution in [2.24, 2.45) is 0 Å². The number of hydrogen-bond donors (Lipinski definition) is 2. The fourth-order valence-electron chi connectivity index (χ4n) is 2.86. The molecule has 5 heteroatoms. The first kappa shape index (κ1) is 17.8. The molecule has 5 nitrogen and oxygen atoms in total. The molecule has 23 heavy (non-hydrogen) atoms. The minimum absolute atomic E-state index is 0.318. The lowest BCUT2D eigenvalue weighted by atomic mass is 9.98. The lowest BCUT2D eigenvalue weighted by Gasteiger charge is -2.33. The minimum Gasteiger partial charge on any atom is -0.462 e. The number of carbonyl (C=O) groups excluding carboxylic acids is 1. The number of nitrogens with zero attached hydrogens (tertiary/aromatic N) is 1. The molecule has 0 aromatic heterocycles. The number of fused-ring (bicyclic) bond motifs is 1. The Morgan fingerprint density at radius 2 is 1.87 bits per heavy atom. The van der Waals surface area contributed by atoms with Crippen LogP contribution in [0.3, 0.4) is 0 Å². The fourth-order valence-corrected chi connectivity index (χ4v) is 2.86. The normalized spacial score (nSPS) is 17.6. The first-order valence-electron chi connectivity index (χ1n) is 8.40. The average molecular weight is 319 g/mol. The van der Waals surface area contributed by atoms with Crippen molar-refractivity contribution in [2.75, 3.05) is 37.6 Å². The highest BCUT2D eigenvalue weighted by Gasteiger charge is 2.17. The van der Waals surface area contributed by atoms with Gasteiger partial charge in [0.25, 0.3) is 6.47 Å². The van der Waals surface area contributed by atoms with Crippen LogP contribution in [0.4, 0.5) is 5.69 Å². The van der Waals surface area contributed by atoms with E-state index >= 15 is 0 Å². The van der Waals surface area contributed by atoms with Gasteiger partial charge in [-0.25, -0.2) is 0 Å². The van der Waals surface area contributed by atoms with Crippen molar-refractivity contribution < 1.29 is 9.53 Å². The highest BCUT2D eigenvalue weighted by Crippen LogP contribution is 2.26. The Kier molecular flexibility index (Phi) is 6.42. The molecule has 1 aromatic rings. The zero-order valence-electron chi connectivity index (χ0n) is 14.5. The second kappa shape index (κ2) is 8.31. The van der Waals surface area contributed by atoms with Gasteiger partial charge in [-0.1, -0.05) is 12.1 Å². The van der Waals surface area contributed by atoms with Gasteiger partial charge in [-0.15, -0.1) is 0 Å². The van der Waals surface area contributed by atoms with Gasteiger partial charge in [0.2, 0.25) is 0 Å². The van der Waals surface area contributed by atoms with Crippen LogP contribution >= 0.6 is 0 Å². The van der Waals surface area contributed by atoms with Crippen LogP contribution < -0.4 is 15.5 Å². The third kappa shape index (κ3) is 5.52. The molecule has 3 rings (SSSR count). The Hall–Kier alpha value is -1.59. The molecule has 2 aliphatic rings. The summed E-state index contributed by atoms with van der Waals surface area (Å²) in [5.74, 6) is 0. The summed E-state index contributed by atoms with van der Waals surface area (Å²) in [6.45, 7) is 12.6. The molecular weight excluding hydrogens is 290 g/mol. The topological polar surface area (TPSA) is 53.6 Å². The molecule has 2 N–H and O–H groups in total. The van der Waals surface area contributed by atoms with Crippen LogP contribution in [-0.4, -0.2) is 44.8 Å². The van der Waals surface area contributed by atoms with Gasteiger partial charge >= 0.3 is 0 Å². The highest BCUT2D eigenvalue weighted by molar-refractivity contribution is 5.58. The van der Waals surface area contributed by atoms with Gasteiger partial charge in [0, 0.05) is 38.4 Å². The van der Waals surface area contributed by atoms with E-state index in [0.29, 0.717) is 6.47 Å². The molecule has 0 unspecified atom stereocenters. The van der Waals surface area contributed by atoms with Crippen molar-refractivity contribution in [3.63, 3.8) is 0 Å². The maximum atomic E-state index is 9.60. The summed E-state index contributed by atoms with van der Waals surface area (Å²) in [6, 6.07) is 6.74. The smallest absolute Gasteiger partial charge is 0.293 e. The summed E-state index contributed by atoms with van der Waals surface area (Å²) in [5, 5.41) is 6.85. The van der Waals surface area contributed by atoms with Crippen LogP contribution in [-0.2, 0) is 22.5 Å². The average Bonchev–Trinajstić information content (AvgIpc) is 2.55. The van der Waals surface area contributed by atoms with E-state index < -0.39 is 0 Å². The second-order valence-corrected chi connectivity index (χ2v) is 6.91. The van der Waals surface area contributed by atoms with E-state index in [9.17, 15) is 4.79 Å². The zero-order valence-corrected chi connectivity index (χ0v) is 14.5. The number of piperazine rings is 1. The maximum Gasteiger partial charge on any atom is 0.293 e. The number of rotatable bonds is 2. The SMILES string of the molecule is CC(C)(C)OC=O.c1cc2c(c(N3CCNCC3)c1)CCNC2. The number of benzene rings is 1. The van der Waals surface area contributed by atoms with E-state index in [1.807, 2.05) is 20.8 Å². The van der Waals surface area contributed by atoms with Crippen molar-refractivity contribution in [3.8, 4) is 0 Å². The van der Waals surface area contributed by atoms with Crippen LogP contribution in [0.2, 0.25) is 0 Å². The summed E-state index contributed by atoms with van der Waals surface area (Å²) >= 11 is 0. The van der Waals surface area contributed by atoms with Crippen molar-refractivity contribution in [3.05, 3.63) is 29.3 Å². The van der Waals surface area contributed by atoms with Crippen LogP contribution in [0.15, 0.2) is 18.2 Å². The van der Waals surface area contributed by atoms with Crippen LogP contribution in [0, 0.1) is 0 Å². The van der Waals surface area contributed by atoms with Gasteiger partial charge in [-0.3, -0.25) is 4.79 Å². The molecule has 1 fully saturated rings. The van der Waals surface area contributed by atoms with E-state index in [-0.39, 0.29) is 5.60 Å². The highest BCUT2D eigenvalue weighted by atomic mass is 16.5. The second-order valence-electron chi connectivity index (χ2n) is 6.91. The monoisotopic (exact) mass is 319 g/mol. The van der Waals surface area contributed by atoms with Gasteiger partial charge in [-0.2, -0.15) is 0 Å². The van der Waals surface area contributed by atoms with Gasteiger partial charge in [-0.05, 0) is 50.9 Å². The van der Waals surface area contributed by atoms with Gasteiger partial charge in [0.15, 0.2) is 0 Å². The Balaban J connectivity index is 0.000000236. The van der Waals surface area contributed by atoms with Gasteiger partial charge < -0.3 is 20.3 Å². The Morgan fingerprint density at radius 3 is 2.48 bits per heavy atom. The number of carbonyl (C=O) groups is 1. The molecule has 0 amide bonds. The molecule has 0 radical (unpaired) electrons. The van der Waals surface area contributed by atoms with Crippen molar-refractivity contribution >= 4 is 12.2 Å². The van der Waals surface area contributed by atoms with Gasteiger partial charge in [0.05, 0.1) is 0 Å². The summed E-state index contributed by atoms with van der Waals surface area (Å²) in [7, 11) is 0. The molecule has 128 valence electrons. The summed E-state index contributed by atoms with van der Waals surface area (Å²) in [4.78, 5) is 12.1. The third-order valence-electron chi connectivity index (χ3n) is 3.97. The Labute approximate surface area is 139 Å². The maximum absolute atomic E-state index is 9.60. The first-order valence-corrected chi connectivity index (χ1v) is 8.40. The largest absolute Gasteiger partial charge is 0.462 e. The summed E-state index contributed by atoms with van der Waals surface area (Å²) in [5.41, 5.74) is 4.22. The molecule has 0 spiro atoms. The van der Waals surface area contributed by atoms with E-state index in [4.69, 9.17) is 0 Å². The Bertz CT molecular complexity index is 505. The minimum atomic E-state index is -0.318. The molecular formula is C18H29N3O2. The summed E-state index contributed by atoms with van der Waals surface area (Å²) < 4.78 is 4.55. The molecule has 0 atom stereocenters. The van der Waals surface area contributed by atoms with Crippen molar-refractivity contribution in [1.82, 2.24) is 10.6 Å². The molecule has 0 saturated carbocycles. The predicted molar refractivity (Wildman–Crippen MR) is 93.8 cm³/mol. The van der Waals surface area contributed by atoms with Crippen molar-refractivity contribution in [1.29, 1.82) is 0 Å². The number of ether oxygens (including phenoxy) is 1. The molecule has 1 aromatic carbocycles. The molecule has 1 saturated heterocycles. The zero-order chi connectivity index (χ0) is 16.7. The van der Waals surface area contributed by atoms with Crippen LogP contribution in [0.5, 0.6) is 0 Å². The lowest BCUT2D eigenvalue weighted by Crippen LogP contribution is -2.44. The lowest BCUT2D eigenvalue weighted by molar-refractivity contribution is -0.138. The summed E-state index contributed by atoms with van der Waals surface area (Å²) in [6.07, 6.45) is 1.18. The number of anilines is 1. The molecule has 2 heterocycles. The van der Waals surface area contributed by atoms with E-state index in [1.165, 1.54) is 17.7 Å². The standard InChI is InChI=1S/C13H19N3.C5H10O2/c1-2-11-10-15-5-4-12(11)13(3-1)16-8-6-14-7-9-16;1-5(2,3)7-4-6/h1-3,14-15H,4-10H2;4H,1-3H3. The quantitative estimate of drug-likeness (QED) is 0.813. The predicted octanol–water partition coefficient (Wildman–Crippen LogP) is 1.70. The molecule has 2 aliphatic heterocycles. The van der Waals surface area contributed by atoms with E-state index in [0.717, 1.165) is 39.3 Å². The number of hydrogen-bond acceptors (Lipinski definition) is 5. The van der Waals surface area contributed by atoms with Gasteiger partial charge in [0.1, 0.15) is 5.60 Å². The van der Waals surface area contributed by atoms with E-state index in [1.54, 1.807) is 5.56 Å². The molecule has 0 aliphatic carbocycles. The van der Waals surface area contributed by atoms with E-state index in [2.05, 4.69) is 38.5 Å². The van der Waals surface area contributed by atoms with Crippen molar-refractivity contribution in [2.45, 2.75) is 39.3 Å². The molecule has 0 bridgehead atoms.